The molecule has 1 aliphatic carbocycles. The lowest BCUT2D eigenvalue weighted by Gasteiger charge is -2.34. The fourth-order valence-electron chi connectivity index (χ4n) is 6.30. The number of nitrogens with one attached hydrogen (secondary N) is 3. The molecular formula is C43H57N3O11. The highest BCUT2D eigenvalue weighted by molar-refractivity contribution is 5.79. The molecule has 0 aromatic heterocycles. The van der Waals surface area contributed by atoms with Crippen LogP contribution in [0.2, 0.25) is 0 Å². The minimum atomic E-state index is -1.09. The first kappa shape index (κ1) is 46.6. The van der Waals surface area contributed by atoms with E-state index in [4.69, 9.17) is 46.0 Å². The maximum Gasteiger partial charge on any atom is 0.407 e. The van der Waals surface area contributed by atoms with Crippen molar-refractivity contribution in [2.24, 2.45) is 0 Å². The van der Waals surface area contributed by atoms with Crippen molar-refractivity contribution in [1.82, 2.24) is 16.0 Å². The number of carbonyl (C=O) groups excluding carboxylic acids is 4. The molecule has 14 nitrogen and oxygen atoms in total. The smallest absolute Gasteiger partial charge is 0.407 e. The fourth-order valence-corrected chi connectivity index (χ4v) is 6.30. The molecule has 3 rings (SSSR count). The Hall–Kier alpha value is -4.80. The predicted octanol–water partition coefficient (Wildman–Crippen LogP) is 3.40. The number of alkyl carbamates (subject to hydrolysis) is 1. The molecule has 57 heavy (non-hydrogen) atoms. The molecular weight excluding hydrogens is 734 g/mol. The molecule has 2 aromatic carbocycles. The van der Waals surface area contributed by atoms with Gasteiger partial charge in [-0.3, -0.25) is 9.59 Å². The Bertz CT molecular complexity index is 1490. The number of terminal acetylenes is 2. The van der Waals surface area contributed by atoms with E-state index in [9.17, 15) is 19.2 Å². The SMILES string of the molecule is C#CCOCCOCCOCCNC(=O)CCC(CCC=O)(CCC(=O)NCCOCCOCCOCC#C)NC(=O)OCC1c2ccccc2-c2ccccc21. The summed E-state index contributed by atoms with van der Waals surface area (Å²) in [5.41, 5.74) is 3.24. The highest BCUT2D eigenvalue weighted by Gasteiger charge is 2.35. The molecule has 0 radical (unpaired) electrons. The number of hydrogen-bond donors (Lipinski definition) is 3. The summed E-state index contributed by atoms with van der Waals surface area (Å²) in [6.07, 6.45) is 11.0. The minimum Gasteiger partial charge on any atom is -0.449 e. The second kappa shape index (κ2) is 28.6. The lowest BCUT2D eigenvalue weighted by Crippen LogP contribution is -2.50. The molecule has 1 aliphatic rings. The van der Waals surface area contributed by atoms with Gasteiger partial charge in [0.05, 0.1) is 66.1 Å². The Morgan fingerprint density at radius 3 is 1.53 bits per heavy atom. The molecule has 0 bridgehead atoms. The summed E-state index contributed by atoms with van der Waals surface area (Å²) in [6, 6.07) is 16.1. The Morgan fingerprint density at radius 1 is 0.632 bits per heavy atom. The molecule has 0 atom stereocenters. The summed E-state index contributed by atoms with van der Waals surface area (Å²) in [7, 11) is 0. The van der Waals surface area contributed by atoms with E-state index >= 15 is 0 Å². The van der Waals surface area contributed by atoms with Gasteiger partial charge in [0, 0.05) is 43.8 Å². The monoisotopic (exact) mass is 791 g/mol. The number of carbonyl (C=O) groups is 4. The minimum absolute atomic E-state index is 0.0246. The molecule has 310 valence electrons. The van der Waals surface area contributed by atoms with Crippen LogP contribution in [0.5, 0.6) is 0 Å². The maximum atomic E-state index is 13.6. The van der Waals surface area contributed by atoms with Crippen LogP contribution < -0.4 is 16.0 Å². The van der Waals surface area contributed by atoms with Crippen molar-refractivity contribution in [3.63, 3.8) is 0 Å². The molecule has 2 aromatic rings. The van der Waals surface area contributed by atoms with Gasteiger partial charge >= 0.3 is 6.09 Å². The van der Waals surface area contributed by atoms with E-state index in [2.05, 4.69) is 39.9 Å². The number of hydrogen-bond acceptors (Lipinski definition) is 11. The van der Waals surface area contributed by atoms with E-state index < -0.39 is 11.6 Å². The quantitative estimate of drug-likeness (QED) is 0.0565. The maximum absolute atomic E-state index is 13.6. The van der Waals surface area contributed by atoms with Gasteiger partial charge in [0.2, 0.25) is 11.8 Å². The topological polar surface area (TPSA) is 169 Å². The van der Waals surface area contributed by atoms with Crippen LogP contribution in [0.1, 0.15) is 55.6 Å². The standard InChI is InChI=1S/C43H57N3O11/c1-3-22-51-26-30-55-32-28-53-24-19-44-40(48)14-17-43(16-9-21-47,18-15-41(49)45-20-25-54-29-33-56-31-27-52-23-4-2)46-42(50)57-34-39-37-12-7-5-10-35(37)36-11-6-8-13-38(36)39/h1-2,5-8,10-13,21,39H,9,14-20,22-34H2,(H,44,48)(H,45,49)(H,46,50). The van der Waals surface area contributed by atoms with Gasteiger partial charge in [-0.15, -0.1) is 12.8 Å². The van der Waals surface area contributed by atoms with Crippen LogP contribution in [0.15, 0.2) is 48.5 Å². The van der Waals surface area contributed by atoms with Gasteiger partial charge in [0.25, 0.3) is 0 Å². The molecule has 14 heteroatoms. The van der Waals surface area contributed by atoms with Crippen LogP contribution in [0.25, 0.3) is 11.1 Å². The molecule has 0 saturated heterocycles. The van der Waals surface area contributed by atoms with Crippen molar-refractivity contribution in [2.45, 2.75) is 50.0 Å². The highest BCUT2D eigenvalue weighted by Crippen LogP contribution is 2.44. The van der Waals surface area contributed by atoms with Gasteiger partial charge in [0.1, 0.15) is 26.1 Å². The van der Waals surface area contributed by atoms with E-state index in [1.165, 1.54) is 0 Å². The first-order valence-electron chi connectivity index (χ1n) is 19.4. The zero-order valence-corrected chi connectivity index (χ0v) is 32.8. The summed E-state index contributed by atoms with van der Waals surface area (Å²) in [5, 5.41) is 8.63. The fraction of sp³-hybridized carbons (Fsp3) is 0.535. The molecule has 3 amide bonds. The normalized spacial score (nSPS) is 11.8. The Kier molecular flexibility index (Phi) is 23.3. The van der Waals surface area contributed by atoms with Gasteiger partial charge in [-0.2, -0.15) is 0 Å². The van der Waals surface area contributed by atoms with Crippen LogP contribution in [0.3, 0.4) is 0 Å². The van der Waals surface area contributed by atoms with Crippen molar-refractivity contribution >= 4 is 24.2 Å². The first-order chi connectivity index (χ1) is 27.9. The average Bonchev–Trinajstić information content (AvgIpc) is 3.55. The van der Waals surface area contributed by atoms with E-state index in [-0.39, 0.29) is 102 Å². The summed E-state index contributed by atoms with van der Waals surface area (Å²) in [4.78, 5) is 51.1. The zero-order chi connectivity index (χ0) is 40.8. The summed E-state index contributed by atoms with van der Waals surface area (Å²) in [5.74, 6) is 4.07. The Labute approximate surface area is 336 Å². The second-order valence-electron chi connectivity index (χ2n) is 13.1. The molecule has 0 unspecified atom stereocenters. The van der Waals surface area contributed by atoms with Crippen molar-refractivity contribution in [3.8, 4) is 35.8 Å². The van der Waals surface area contributed by atoms with Crippen LogP contribution in [0.4, 0.5) is 4.79 Å². The summed E-state index contributed by atoms with van der Waals surface area (Å²) in [6.45, 7) is 4.65. The van der Waals surface area contributed by atoms with Crippen LogP contribution in [-0.4, -0.2) is 129 Å². The van der Waals surface area contributed by atoms with Gasteiger partial charge in [-0.05, 0) is 41.5 Å². The van der Waals surface area contributed by atoms with Gasteiger partial charge in [-0.1, -0.05) is 60.4 Å². The average molecular weight is 792 g/mol. The number of rotatable bonds is 32. The Morgan fingerprint density at radius 2 is 1.07 bits per heavy atom. The zero-order valence-electron chi connectivity index (χ0n) is 32.8. The lowest BCUT2D eigenvalue weighted by molar-refractivity contribution is -0.121. The largest absolute Gasteiger partial charge is 0.449 e. The van der Waals surface area contributed by atoms with Crippen molar-refractivity contribution in [2.75, 3.05) is 99.0 Å². The number of fused-ring (bicyclic) bond motifs is 3. The lowest BCUT2D eigenvalue weighted by atomic mass is 9.83. The Balaban J connectivity index is 1.53. The van der Waals surface area contributed by atoms with Crippen LogP contribution in [0, 0.1) is 24.7 Å². The van der Waals surface area contributed by atoms with Crippen molar-refractivity contribution in [3.05, 3.63) is 59.7 Å². The third kappa shape index (κ3) is 18.3. The molecule has 0 spiro atoms. The number of amides is 3. The van der Waals surface area contributed by atoms with Crippen molar-refractivity contribution < 1.29 is 52.3 Å². The van der Waals surface area contributed by atoms with Gasteiger partial charge < -0.3 is 53.9 Å². The number of aldehydes is 1. The van der Waals surface area contributed by atoms with E-state index in [1.807, 2.05) is 36.4 Å². The second-order valence-corrected chi connectivity index (χ2v) is 13.1. The molecule has 0 fully saturated rings. The molecule has 3 N–H and O–H groups in total. The first-order valence-corrected chi connectivity index (χ1v) is 19.4. The van der Waals surface area contributed by atoms with Crippen molar-refractivity contribution in [1.29, 1.82) is 0 Å². The third-order valence-electron chi connectivity index (χ3n) is 9.11. The molecule has 0 heterocycles. The van der Waals surface area contributed by atoms with E-state index in [0.717, 1.165) is 28.5 Å². The number of ether oxygens (including phenoxy) is 7. The van der Waals surface area contributed by atoms with Gasteiger partial charge in [0.15, 0.2) is 0 Å². The summed E-state index contributed by atoms with van der Waals surface area (Å²) < 4.78 is 38.0. The highest BCUT2D eigenvalue weighted by atomic mass is 16.6. The van der Waals surface area contributed by atoms with Gasteiger partial charge in [-0.25, -0.2) is 4.79 Å². The molecule has 0 saturated carbocycles. The van der Waals surface area contributed by atoms with E-state index in [0.29, 0.717) is 52.9 Å². The van der Waals surface area contributed by atoms with Crippen LogP contribution in [-0.2, 0) is 47.5 Å². The molecule has 0 aliphatic heterocycles. The van der Waals surface area contributed by atoms with E-state index in [1.54, 1.807) is 0 Å². The number of benzene rings is 2. The predicted molar refractivity (Wildman–Crippen MR) is 213 cm³/mol. The third-order valence-corrected chi connectivity index (χ3v) is 9.11. The summed E-state index contributed by atoms with van der Waals surface area (Å²) >= 11 is 0. The van der Waals surface area contributed by atoms with Crippen LogP contribution >= 0.6 is 0 Å².